The molecule has 1 unspecified atom stereocenters. The first-order valence-corrected chi connectivity index (χ1v) is 6.97. The lowest BCUT2D eigenvalue weighted by Crippen LogP contribution is -2.30. The van der Waals surface area contributed by atoms with Gasteiger partial charge in [0.25, 0.3) is 0 Å². The number of rotatable bonds is 7. The summed E-state index contributed by atoms with van der Waals surface area (Å²) in [6, 6.07) is 1.12. The number of thioether (sulfide) groups is 1. The topological polar surface area (TPSA) is 55.6 Å². The quantitative estimate of drug-likeness (QED) is 0.733. The lowest BCUT2D eigenvalue weighted by Gasteiger charge is -2.14. The molecule has 1 heterocycles. The predicted molar refractivity (Wildman–Crippen MR) is 64.6 cm³/mol. The molecule has 1 saturated carbocycles. The maximum Gasteiger partial charge on any atom is 0.209 e. The summed E-state index contributed by atoms with van der Waals surface area (Å²) in [6.07, 6.45) is 3.60. The van der Waals surface area contributed by atoms with E-state index in [2.05, 4.69) is 34.7 Å². The third kappa shape index (κ3) is 2.95. The second-order valence-corrected chi connectivity index (χ2v) is 5.10. The molecule has 5 nitrogen and oxygen atoms in total. The first kappa shape index (κ1) is 11.9. The Hall–Kier alpha value is -0.620. The number of hydrogen-bond donors (Lipinski definition) is 1. The molecule has 2 rings (SSSR count). The van der Waals surface area contributed by atoms with E-state index in [1.165, 1.54) is 12.8 Å². The summed E-state index contributed by atoms with van der Waals surface area (Å²) in [5.74, 6) is 1.04. The van der Waals surface area contributed by atoms with Gasteiger partial charge in [0.05, 0.1) is 6.04 Å². The molecular weight excluding hydrogens is 222 g/mol. The van der Waals surface area contributed by atoms with Crippen LogP contribution in [0, 0.1) is 0 Å². The highest BCUT2D eigenvalue weighted by Gasteiger charge is 2.28. The molecule has 0 radical (unpaired) electrons. The number of nitrogens with one attached hydrogen (secondary N) is 1. The van der Waals surface area contributed by atoms with Crippen molar-refractivity contribution in [3.8, 4) is 0 Å². The summed E-state index contributed by atoms with van der Waals surface area (Å²) < 4.78 is 1.98. The van der Waals surface area contributed by atoms with Crippen molar-refractivity contribution in [1.82, 2.24) is 25.5 Å². The lowest BCUT2D eigenvalue weighted by molar-refractivity contribution is 0.551. The monoisotopic (exact) mass is 241 g/mol. The molecule has 1 aromatic heterocycles. The van der Waals surface area contributed by atoms with E-state index >= 15 is 0 Å². The van der Waals surface area contributed by atoms with Gasteiger partial charge in [0.15, 0.2) is 0 Å². The Morgan fingerprint density at radius 1 is 1.50 bits per heavy atom. The number of tetrazole rings is 1. The minimum atomic E-state index is 0.555. The Morgan fingerprint density at radius 3 is 2.94 bits per heavy atom. The maximum atomic E-state index is 4.08. The minimum Gasteiger partial charge on any atom is -0.313 e. The maximum absolute atomic E-state index is 4.08. The van der Waals surface area contributed by atoms with E-state index in [0.29, 0.717) is 12.1 Å². The van der Waals surface area contributed by atoms with Gasteiger partial charge >= 0.3 is 0 Å². The van der Waals surface area contributed by atoms with Crippen molar-refractivity contribution in [2.45, 2.75) is 50.4 Å². The molecular formula is C10H19N5S. The van der Waals surface area contributed by atoms with Crippen LogP contribution in [0.3, 0.4) is 0 Å². The van der Waals surface area contributed by atoms with E-state index < -0.39 is 0 Å². The number of aromatic nitrogens is 4. The molecule has 1 aliphatic rings. The first-order chi connectivity index (χ1) is 7.85. The average Bonchev–Trinajstić information content (AvgIpc) is 3.04. The molecule has 0 amide bonds. The Kier molecular flexibility index (Phi) is 4.17. The highest BCUT2D eigenvalue weighted by molar-refractivity contribution is 7.99. The molecule has 0 aliphatic heterocycles. The lowest BCUT2D eigenvalue weighted by atomic mass is 10.2. The Morgan fingerprint density at radius 2 is 2.31 bits per heavy atom. The van der Waals surface area contributed by atoms with Gasteiger partial charge in [-0.1, -0.05) is 25.6 Å². The van der Waals surface area contributed by atoms with Crippen molar-refractivity contribution in [1.29, 1.82) is 0 Å². The summed E-state index contributed by atoms with van der Waals surface area (Å²) in [7, 11) is 0. The van der Waals surface area contributed by atoms with Gasteiger partial charge in [-0.15, -0.1) is 5.10 Å². The zero-order valence-electron chi connectivity index (χ0n) is 9.89. The van der Waals surface area contributed by atoms with Crippen molar-refractivity contribution in [2.24, 2.45) is 0 Å². The fourth-order valence-corrected chi connectivity index (χ4v) is 2.73. The summed E-state index contributed by atoms with van der Waals surface area (Å²) in [6.45, 7) is 5.37. The standard InChI is InChI=1S/C10H19N5S/c1-3-8(11-4-2)7-16-10-12-13-14-15(10)9-5-6-9/h8-9,11H,3-7H2,1-2H3. The zero-order valence-corrected chi connectivity index (χ0v) is 10.7. The fourth-order valence-electron chi connectivity index (χ4n) is 1.61. The van der Waals surface area contributed by atoms with E-state index in [-0.39, 0.29) is 0 Å². The molecule has 6 heteroatoms. The molecule has 0 bridgehead atoms. The third-order valence-corrected chi connectivity index (χ3v) is 3.85. The SMILES string of the molecule is CCNC(CC)CSc1nnnn1C1CC1. The minimum absolute atomic E-state index is 0.555. The Bertz CT molecular complexity index is 323. The van der Waals surface area contributed by atoms with Crippen molar-refractivity contribution in [3.05, 3.63) is 0 Å². The molecule has 1 N–H and O–H groups in total. The normalized spacial score (nSPS) is 17.6. The highest BCUT2D eigenvalue weighted by Crippen LogP contribution is 2.36. The number of nitrogens with zero attached hydrogens (tertiary/aromatic N) is 4. The van der Waals surface area contributed by atoms with Crippen molar-refractivity contribution >= 4 is 11.8 Å². The zero-order chi connectivity index (χ0) is 11.4. The van der Waals surface area contributed by atoms with E-state index in [1.54, 1.807) is 11.8 Å². The van der Waals surface area contributed by atoms with Crippen molar-refractivity contribution in [2.75, 3.05) is 12.3 Å². The van der Waals surface area contributed by atoms with Crippen LogP contribution in [0.5, 0.6) is 0 Å². The van der Waals surface area contributed by atoms with Gasteiger partial charge < -0.3 is 5.32 Å². The molecule has 0 aromatic carbocycles. The van der Waals surface area contributed by atoms with Gasteiger partial charge in [0.1, 0.15) is 0 Å². The van der Waals surface area contributed by atoms with Crippen LogP contribution in [0.1, 0.15) is 39.2 Å². The van der Waals surface area contributed by atoms with Crippen molar-refractivity contribution < 1.29 is 0 Å². The smallest absolute Gasteiger partial charge is 0.209 e. The fraction of sp³-hybridized carbons (Fsp3) is 0.900. The van der Waals surface area contributed by atoms with Crippen LogP contribution in [-0.4, -0.2) is 38.5 Å². The summed E-state index contributed by atoms with van der Waals surface area (Å²) in [5, 5.41) is 16.3. The first-order valence-electron chi connectivity index (χ1n) is 5.99. The summed E-state index contributed by atoms with van der Waals surface area (Å²) >= 11 is 1.76. The highest BCUT2D eigenvalue weighted by atomic mass is 32.2. The van der Waals surface area contributed by atoms with Crippen molar-refractivity contribution in [3.63, 3.8) is 0 Å². The van der Waals surface area contributed by atoms with E-state index in [4.69, 9.17) is 0 Å². The van der Waals surface area contributed by atoms with Gasteiger partial charge in [0.2, 0.25) is 5.16 Å². The number of hydrogen-bond acceptors (Lipinski definition) is 5. The third-order valence-electron chi connectivity index (χ3n) is 2.75. The van der Waals surface area contributed by atoms with Crippen LogP contribution in [0.4, 0.5) is 0 Å². The largest absolute Gasteiger partial charge is 0.313 e. The van der Waals surface area contributed by atoms with Crippen LogP contribution in [0.25, 0.3) is 0 Å². The molecule has 16 heavy (non-hydrogen) atoms. The Balaban J connectivity index is 1.85. The van der Waals surface area contributed by atoms with Crippen LogP contribution in [-0.2, 0) is 0 Å². The summed E-state index contributed by atoms with van der Waals surface area (Å²) in [4.78, 5) is 0. The second-order valence-electron chi connectivity index (χ2n) is 4.11. The predicted octanol–water partition coefficient (Wildman–Crippen LogP) is 1.49. The van der Waals surface area contributed by atoms with Gasteiger partial charge in [-0.2, -0.15) is 0 Å². The molecule has 1 aromatic rings. The average molecular weight is 241 g/mol. The molecule has 0 saturated heterocycles. The van der Waals surface area contributed by atoms with E-state index in [9.17, 15) is 0 Å². The van der Waals surface area contributed by atoms with Gasteiger partial charge in [-0.25, -0.2) is 4.68 Å². The van der Waals surface area contributed by atoms with Gasteiger partial charge in [-0.05, 0) is 36.2 Å². The van der Waals surface area contributed by atoms with Crippen LogP contribution < -0.4 is 5.32 Å². The van der Waals surface area contributed by atoms with E-state index in [1.807, 2.05) is 4.68 Å². The van der Waals surface area contributed by atoms with Gasteiger partial charge in [0, 0.05) is 11.8 Å². The van der Waals surface area contributed by atoms with Crippen LogP contribution in [0.2, 0.25) is 0 Å². The van der Waals surface area contributed by atoms with Gasteiger partial charge in [-0.3, -0.25) is 0 Å². The Labute approximate surface area is 100 Å². The second kappa shape index (κ2) is 5.63. The van der Waals surface area contributed by atoms with Crippen LogP contribution in [0.15, 0.2) is 5.16 Å². The van der Waals surface area contributed by atoms with Crippen LogP contribution >= 0.6 is 11.8 Å². The molecule has 1 fully saturated rings. The molecule has 0 spiro atoms. The molecule has 1 aliphatic carbocycles. The van der Waals surface area contributed by atoms with E-state index in [0.717, 1.165) is 23.9 Å². The molecule has 1 atom stereocenters. The summed E-state index contributed by atoms with van der Waals surface area (Å²) in [5.41, 5.74) is 0. The molecule has 90 valence electrons.